The van der Waals surface area contributed by atoms with Crippen LogP contribution in [0.2, 0.25) is 0 Å². The van der Waals surface area contributed by atoms with Gasteiger partial charge in [0.15, 0.2) is 0 Å². The van der Waals surface area contributed by atoms with Gasteiger partial charge in [-0.1, -0.05) is 17.7 Å². The smallest absolute Gasteiger partial charge is 0.409 e. The van der Waals surface area contributed by atoms with Crippen LogP contribution in [0.25, 0.3) is 0 Å². The van der Waals surface area contributed by atoms with Crippen LogP contribution >= 0.6 is 0 Å². The zero-order valence-electron chi connectivity index (χ0n) is 17.4. The van der Waals surface area contributed by atoms with Gasteiger partial charge in [0.2, 0.25) is 0 Å². The van der Waals surface area contributed by atoms with Crippen LogP contribution < -0.4 is 10.2 Å². The zero-order chi connectivity index (χ0) is 21.0. The molecule has 0 saturated carbocycles. The summed E-state index contributed by atoms with van der Waals surface area (Å²) in [5.41, 5.74) is 4.30. The lowest BCUT2D eigenvalue weighted by Gasteiger charge is -2.34. The van der Waals surface area contributed by atoms with E-state index < -0.39 is 0 Å². The Labute approximate surface area is 170 Å². The molecule has 2 heterocycles. The highest BCUT2D eigenvalue weighted by atomic mass is 16.6. The lowest BCUT2D eigenvalue weighted by Crippen LogP contribution is -2.49. The molecule has 1 fully saturated rings. The zero-order valence-corrected chi connectivity index (χ0v) is 17.4. The fourth-order valence-electron chi connectivity index (χ4n) is 3.53. The minimum absolute atomic E-state index is 0.270. The number of amides is 2. The van der Waals surface area contributed by atoms with Crippen molar-refractivity contribution in [2.45, 2.75) is 27.7 Å². The molecule has 0 spiro atoms. The van der Waals surface area contributed by atoms with E-state index in [1.807, 2.05) is 37.8 Å². The Morgan fingerprint density at radius 3 is 2.31 bits per heavy atom. The number of benzene rings is 1. The Morgan fingerprint density at radius 2 is 1.69 bits per heavy atom. The van der Waals surface area contributed by atoms with Crippen LogP contribution in [0.5, 0.6) is 0 Å². The molecular weight excluding hydrogens is 370 g/mol. The molecule has 2 amide bonds. The van der Waals surface area contributed by atoms with Crippen molar-refractivity contribution in [3.63, 3.8) is 0 Å². The maximum absolute atomic E-state index is 12.8. The van der Waals surface area contributed by atoms with E-state index in [0.29, 0.717) is 44.3 Å². The average Bonchev–Trinajstić information content (AvgIpc) is 2.71. The van der Waals surface area contributed by atoms with Crippen molar-refractivity contribution in [3.05, 3.63) is 46.9 Å². The molecule has 29 heavy (non-hydrogen) atoms. The Balaban J connectivity index is 1.69. The van der Waals surface area contributed by atoms with Gasteiger partial charge in [0, 0.05) is 37.9 Å². The minimum Gasteiger partial charge on any atom is -0.450 e. The van der Waals surface area contributed by atoms with Gasteiger partial charge in [0.25, 0.3) is 5.91 Å². The number of nitrogens with one attached hydrogen (secondary N) is 1. The highest BCUT2D eigenvalue weighted by Gasteiger charge is 2.23. The number of carbonyl (C=O) groups is 2. The number of nitrogens with zero attached hydrogens (tertiary/aromatic N) is 4. The molecule has 8 heteroatoms. The van der Waals surface area contributed by atoms with Gasteiger partial charge in [-0.2, -0.15) is 0 Å². The molecule has 2 aromatic rings. The topological polar surface area (TPSA) is 87.7 Å². The summed E-state index contributed by atoms with van der Waals surface area (Å²) in [7, 11) is 0. The van der Waals surface area contributed by atoms with Crippen molar-refractivity contribution >= 4 is 23.5 Å². The Bertz CT molecular complexity index is 884. The van der Waals surface area contributed by atoms with Crippen LogP contribution in [-0.2, 0) is 4.74 Å². The second kappa shape index (κ2) is 8.89. The van der Waals surface area contributed by atoms with Crippen molar-refractivity contribution < 1.29 is 14.3 Å². The standard InChI is InChI=1S/C21H27N5O3/c1-5-29-21(28)26-8-6-25(7-9-26)18-12-17(22-13-23-18)20(27)24-19-15(3)10-14(2)11-16(19)4/h10-13H,5-9H2,1-4H3,(H,24,27). The number of anilines is 2. The number of rotatable bonds is 4. The van der Waals surface area contributed by atoms with E-state index in [0.717, 1.165) is 22.4 Å². The van der Waals surface area contributed by atoms with E-state index >= 15 is 0 Å². The van der Waals surface area contributed by atoms with Crippen LogP contribution in [0.4, 0.5) is 16.3 Å². The van der Waals surface area contributed by atoms with Crippen molar-refractivity contribution in [2.24, 2.45) is 0 Å². The highest BCUT2D eigenvalue weighted by molar-refractivity contribution is 6.04. The van der Waals surface area contributed by atoms with Gasteiger partial charge in [0.05, 0.1) is 6.61 Å². The highest BCUT2D eigenvalue weighted by Crippen LogP contribution is 2.23. The molecule has 0 unspecified atom stereocenters. The van der Waals surface area contributed by atoms with Crippen molar-refractivity contribution in [2.75, 3.05) is 43.0 Å². The lowest BCUT2D eigenvalue weighted by atomic mass is 10.0. The molecular formula is C21H27N5O3. The third kappa shape index (κ3) is 4.82. The Morgan fingerprint density at radius 1 is 1.03 bits per heavy atom. The molecule has 0 atom stereocenters. The van der Waals surface area contributed by atoms with Crippen molar-refractivity contribution in [3.8, 4) is 0 Å². The van der Waals surface area contributed by atoms with E-state index in [-0.39, 0.29) is 12.0 Å². The molecule has 1 N–H and O–H groups in total. The monoisotopic (exact) mass is 397 g/mol. The number of carbonyl (C=O) groups excluding carboxylic acids is 2. The molecule has 1 aromatic carbocycles. The first-order valence-corrected chi connectivity index (χ1v) is 9.77. The largest absolute Gasteiger partial charge is 0.450 e. The van der Waals surface area contributed by atoms with Crippen molar-refractivity contribution in [1.29, 1.82) is 0 Å². The van der Waals surface area contributed by atoms with E-state index in [4.69, 9.17) is 4.74 Å². The predicted octanol–water partition coefficient (Wildman–Crippen LogP) is 2.93. The first-order chi connectivity index (χ1) is 13.9. The predicted molar refractivity (Wildman–Crippen MR) is 111 cm³/mol. The normalized spacial score (nSPS) is 13.9. The Kier molecular flexibility index (Phi) is 6.31. The van der Waals surface area contributed by atoms with Gasteiger partial charge in [-0.25, -0.2) is 14.8 Å². The Hall–Kier alpha value is -3.16. The fraction of sp³-hybridized carbons (Fsp3) is 0.429. The number of aromatic nitrogens is 2. The summed E-state index contributed by atoms with van der Waals surface area (Å²) in [6.07, 6.45) is 1.11. The van der Waals surface area contributed by atoms with E-state index in [1.54, 1.807) is 17.9 Å². The first kappa shape index (κ1) is 20.6. The summed E-state index contributed by atoms with van der Waals surface area (Å²) in [6.45, 7) is 10.5. The van der Waals surface area contributed by atoms with Gasteiger partial charge in [-0.3, -0.25) is 4.79 Å². The summed E-state index contributed by atoms with van der Waals surface area (Å²) in [5, 5.41) is 2.97. The molecule has 1 aliphatic rings. The minimum atomic E-state index is -0.293. The van der Waals surface area contributed by atoms with Gasteiger partial charge < -0.3 is 19.9 Å². The quantitative estimate of drug-likeness (QED) is 0.853. The fourth-order valence-corrected chi connectivity index (χ4v) is 3.53. The summed E-state index contributed by atoms with van der Waals surface area (Å²) in [5.74, 6) is 0.403. The van der Waals surface area contributed by atoms with E-state index in [1.165, 1.54) is 6.33 Å². The number of piperazine rings is 1. The molecule has 8 nitrogen and oxygen atoms in total. The van der Waals surface area contributed by atoms with Gasteiger partial charge in [-0.05, 0) is 38.8 Å². The number of ether oxygens (including phenoxy) is 1. The van der Waals surface area contributed by atoms with Gasteiger partial charge >= 0.3 is 6.09 Å². The molecule has 0 radical (unpaired) electrons. The molecule has 0 bridgehead atoms. The van der Waals surface area contributed by atoms with Crippen LogP contribution in [-0.4, -0.2) is 59.7 Å². The second-order valence-corrected chi connectivity index (χ2v) is 7.16. The lowest BCUT2D eigenvalue weighted by molar-refractivity contribution is 0.102. The molecule has 3 rings (SSSR count). The first-order valence-electron chi connectivity index (χ1n) is 9.77. The van der Waals surface area contributed by atoms with Crippen molar-refractivity contribution in [1.82, 2.24) is 14.9 Å². The molecule has 154 valence electrons. The number of aryl methyl sites for hydroxylation is 3. The third-order valence-corrected chi connectivity index (χ3v) is 4.93. The second-order valence-electron chi connectivity index (χ2n) is 7.16. The average molecular weight is 397 g/mol. The van der Waals surface area contributed by atoms with Gasteiger partial charge in [-0.15, -0.1) is 0 Å². The molecule has 1 aliphatic heterocycles. The molecule has 1 aromatic heterocycles. The third-order valence-electron chi connectivity index (χ3n) is 4.93. The summed E-state index contributed by atoms with van der Waals surface area (Å²) in [4.78, 5) is 36.8. The van der Waals surface area contributed by atoms with Crippen LogP contribution in [0.15, 0.2) is 24.5 Å². The maximum atomic E-state index is 12.8. The number of hydrogen-bond donors (Lipinski definition) is 1. The summed E-state index contributed by atoms with van der Waals surface area (Å²) >= 11 is 0. The molecule has 1 saturated heterocycles. The summed E-state index contributed by atoms with van der Waals surface area (Å²) in [6, 6.07) is 5.77. The summed E-state index contributed by atoms with van der Waals surface area (Å²) < 4.78 is 5.05. The SMILES string of the molecule is CCOC(=O)N1CCN(c2cc(C(=O)Nc3c(C)cc(C)cc3C)ncn2)CC1. The van der Waals surface area contributed by atoms with Crippen LogP contribution in [0.3, 0.4) is 0 Å². The van der Waals surface area contributed by atoms with E-state index in [9.17, 15) is 9.59 Å². The van der Waals surface area contributed by atoms with Crippen LogP contribution in [0, 0.1) is 20.8 Å². The van der Waals surface area contributed by atoms with Gasteiger partial charge in [0.1, 0.15) is 17.8 Å². The maximum Gasteiger partial charge on any atom is 0.409 e. The molecule has 0 aliphatic carbocycles. The van der Waals surface area contributed by atoms with Crippen LogP contribution in [0.1, 0.15) is 34.1 Å². The van der Waals surface area contributed by atoms with E-state index in [2.05, 4.69) is 15.3 Å². The number of hydrogen-bond acceptors (Lipinski definition) is 6.